The van der Waals surface area contributed by atoms with Gasteiger partial charge in [0.25, 0.3) is 0 Å². The number of anilines is 1. The van der Waals surface area contributed by atoms with Gasteiger partial charge < -0.3 is 10.2 Å². The van der Waals surface area contributed by atoms with Crippen LogP contribution in [-0.2, 0) is 0 Å². The Balaban J connectivity index is 1.31. The van der Waals surface area contributed by atoms with Crippen molar-refractivity contribution in [1.29, 1.82) is 0 Å². The molecule has 3 aromatic rings. The zero-order chi connectivity index (χ0) is 21.6. The number of urea groups is 1. The predicted octanol–water partition coefficient (Wildman–Crippen LogP) is 3.83. The Bertz CT molecular complexity index is 1100. The number of rotatable bonds is 5. The summed E-state index contributed by atoms with van der Waals surface area (Å²) in [6, 6.07) is 12.7. The second kappa shape index (κ2) is 9.29. The lowest BCUT2D eigenvalue weighted by molar-refractivity contribution is 0.0991. The van der Waals surface area contributed by atoms with Crippen LogP contribution < -0.4 is 5.32 Å². The standard InChI is InChI=1S/C22H21FN6O2/c23-18-5-1-4-17(14-18)20(30)13-15-3-2-11-29(12-10-15)22(31)24-19-8-6-16(7-9-19)21-25-27-28-26-21/h1,3-9,14H,2,10-13H2,(H,24,31)(H,25,26,27,28). The Morgan fingerprint density at radius 1 is 1.13 bits per heavy atom. The predicted molar refractivity (Wildman–Crippen MR) is 113 cm³/mol. The van der Waals surface area contributed by atoms with Crippen molar-refractivity contribution in [2.24, 2.45) is 0 Å². The van der Waals surface area contributed by atoms with Crippen LogP contribution in [0, 0.1) is 5.82 Å². The van der Waals surface area contributed by atoms with E-state index in [-0.39, 0.29) is 18.2 Å². The normalized spacial score (nSPS) is 14.0. The topological polar surface area (TPSA) is 104 Å². The molecule has 1 aromatic heterocycles. The van der Waals surface area contributed by atoms with Gasteiger partial charge in [-0.25, -0.2) is 9.18 Å². The van der Waals surface area contributed by atoms with Crippen LogP contribution in [-0.4, -0.2) is 50.4 Å². The lowest BCUT2D eigenvalue weighted by Gasteiger charge is -2.21. The molecule has 158 valence electrons. The number of Topliss-reactive ketones (excluding diaryl/α,β-unsaturated/α-hetero) is 1. The molecular formula is C22H21FN6O2. The number of benzene rings is 2. The number of halogens is 1. The summed E-state index contributed by atoms with van der Waals surface area (Å²) in [4.78, 5) is 26.8. The Labute approximate surface area is 178 Å². The summed E-state index contributed by atoms with van der Waals surface area (Å²) in [5.41, 5.74) is 2.78. The maximum Gasteiger partial charge on any atom is 0.321 e. The van der Waals surface area contributed by atoms with Gasteiger partial charge in [-0.15, -0.1) is 10.2 Å². The summed E-state index contributed by atoms with van der Waals surface area (Å²) in [6.07, 6.45) is 3.50. The van der Waals surface area contributed by atoms with Crippen LogP contribution in [0.3, 0.4) is 0 Å². The third-order valence-corrected chi connectivity index (χ3v) is 5.10. The number of ketones is 1. The molecule has 0 saturated heterocycles. The fraction of sp³-hybridized carbons (Fsp3) is 0.227. The molecule has 0 radical (unpaired) electrons. The number of nitrogens with one attached hydrogen (secondary N) is 2. The molecule has 2 heterocycles. The summed E-state index contributed by atoms with van der Waals surface area (Å²) < 4.78 is 13.4. The van der Waals surface area contributed by atoms with Crippen LogP contribution >= 0.6 is 0 Å². The molecule has 0 saturated carbocycles. The number of amides is 2. The number of carbonyl (C=O) groups excluding carboxylic acids is 2. The van der Waals surface area contributed by atoms with Crippen LogP contribution in [0.15, 0.2) is 60.2 Å². The molecule has 0 aliphatic carbocycles. The van der Waals surface area contributed by atoms with E-state index in [9.17, 15) is 14.0 Å². The van der Waals surface area contributed by atoms with E-state index in [1.54, 1.807) is 35.2 Å². The van der Waals surface area contributed by atoms with Crippen molar-refractivity contribution >= 4 is 17.5 Å². The molecule has 1 aliphatic heterocycles. The van der Waals surface area contributed by atoms with Gasteiger partial charge in [0, 0.05) is 36.3 Å². The van der Waals surface area contributed by atoms with Crippen molar-refractivity contribution in [3.05, 3.63) is 71.6 Å². The van der Waals surface area contributed by atoms with Crippen LogP contribution in [0.4, 0.5) is 14.9 Å². The molecule has 2 N–H and O–H groups in total. The Kier molecular flexibility index (Phi) is 6.11. The van der Waals surface area contributed by atoms with Gasteiger partial charge in [0.2, 0.25) is 5.82 Å². The highest BCUT2D eigenvalue weighted by Gasteiger charge is 2.18. The van der Waals surface area contributed by atoms with Crippen molar-refractivity contribution in [2.45, 2.75) is 19.3 Å². The van der Waals surface area contributed by atoms with Crippen molar-refractivity contribution in [3.8, 4) is 11.4 Å². The maximum absolute atomic E-state index is 13.4. The van der Waals surface area contributed by atoms with Crippen LogP contribution in [0.25, 0.3) is 11.4 Å². The number of carbonyl (C=O) groups is 2. The lowest BCUT2D eigenvalue weighted by Crippen LogP contribution is -2.35. The van der Waals surface area contributed by atoms with E-state index in [1.807, 2.05) is 6.08 Å². The summed E-state index contributed by atoms with van der Waals surface area (Å²) in [7, 11) is 0. The van der Waals surface area contributed by atoms with E-state index >= 15 is 0 Å². The van der Waals surface area contributed by atoms with Gasteiger partial charge >= 0.3 is 6.03 Å². The number of nitrogens with zero attached hydrogens (tertiary/aromatic N) is 4. The SMILES string of the molecule is O=C(CC1=CCCN(C(=O)Nc2ccc(-c3nn[nH]n3)cc2)CC1)c1cccc(F)c1. The first-order valence-corrected chi connectivity index (χ1v) is 9.95. The third-order valence-electron chi connectivity index (χ3n) is 5.10. The van der Waals surface area contributed by atoms with Crippen molar-refractivity contribution in [3.63, 3.8) is 0 Å². The van der Waals surface area contributed by atoms with Crippen molar-refractivity contribution in [1.82, 2.24) is 25.5 Å². The van der Waals surface area contributed by atoms with Gasteiger partial charge in [0.15, 0.2) is 5.78 Å². The minimum Gasteiger partial charge on any atom is -0.324 e. The van der Waals surface area contributed by atoms with E-state index < -0.39 is 5.82 Å². The second-order valence-corrected chi connectivity index (χ2v) is 7.24. The minimum absolute atomic E-state index is 0.120. The van der Waals surface area contributed by atoms with Crippen molar-refractivity contribution < 1.29 is 14.0 Å². The first-order valence-electron chi connectivity index (χ1n) is 9.95. The first-order chi connectivity index (χ1) is 15.1. The zero-order valence-corrected chi connectivity index (χ0v) is 16.7. The molecular weight excluding hydrogens is 399 g/mol. The van der Waals surface area contributed by atoms with Gasteiger partial charge in [0.05, 0.1) is 0 Å². The highest BCUT2D eigenvalue weighted by atomic mass is 19.1. The quantitative estimate of drug-likeness (QED) is 0.482. The molecule has 0 fully saturated rings. The summed E-state index contributed by atoms with van der Waals surface area (Å²) in [5, 5.41) is 16.7. The Morgan fingerprint density at radius 2 is 1.97 bits per heavy atom. The molecule has 2 aromatic carbocycles. The number of hydrogen-bond donors (Lipinski definition) is 2. The zero-order valence-electron chi connectivity index (χ0n) is 16.7. The smallest absolute Gasteiger partial charge is 0.321 e. The first kappa shape index (κ1) is 20.4. The molecule has 31 heavy (non-hydrogen) atoms. The molecule has 4 rings (SSSR count). The molecule has 8 nitrogen and oxygen atoms in total. The molecule has 9 heteroatoms. The fourth-order valence-electron chi connectivity index (χ4n) is 3.44. The summed E-state index contributed by atoms with van der Waals surface area (Å²) in [6.45, 7) is 1.07. The van der Waals surface area contributed by atoms with Gasteiger partial charge in [-0.3, -0.25) is 4.79 Å². The fourth-order valence-corrected chi connectivity index (χ4v) is 3.44. The van der Waals surface area contributed by atoms with Gasteiger partial charge in [-0.05, 0) is 54.5 Å². The van der Waals surface area contributed by atoms with Gasteiger partial charge in [0.1, 0.15) is 5.82 Å². The lowest BCUT2D eigenvalue weighted by atomic mass is 10.0. The Hall–Kier alpha value is -3.88. The van der Waals surface area contributed by atoms with E-state index in [0.29, 0.717) is 43.0 Å². The van der Waals surface area contributed by atoms with Gasteiger partial charge in [-0.1, -0.05) is 23.8 Å². The Morgan fingerprint density at radius 3 is 2.71 bits per heavy atom. The van der Waals surface area contributed by atoms with E-state index in [1.165, 1.54) is 18.2 Å². The average molecular weight is 420 g/mol. The monoisotopic (exact) mass is 420 g/mol. The number of tetrazole rings is 1. The average Bonchev–Trinajstić information content (AvgIpc) is 3.21. The third kappa shape index (κ3) is 5.19. The summed E-state index contributed by atoms with van der Waals surface area (Å²) in [5.74, 6) is -0.0593. The largest absolute Gasteiger partial charge is 0.324 e. The highest BCUT2D eigenvalue weighted by molar-refractivity contribution is 5.97. The molecule has 2 amide bonds. The number of aromatic nitrogens is 4. The number of hydrogen-bond acceptors (Lipinski definition) is 5. The minimum atomic E-state index is -0.422. The van der Waals surface area contributed by atoms with Crippen LogP contribution in [0.2, 0.25) is 0 Å². The van der Waals surface area contributed by atoms with E-state index in [0.717, 1.165) is 11.1 Å². The molecule has 0 spiro atoms. The van der Waals surface area contributed by atoms with E-state index in [4.69, 9.17) is 0 Å². The highest BCUT2D eigenvalue weighted by Crippen LogP contribution is 2.20. The van der Waals surface area contributed by atoms with Gasteiger partial charge in [-0.2, -0.15) is 5.21 Å². The molecule has 0 atom stereocenters. The molecule has 0 unspecified atom stereocenters. The second-order valence-electron chi connectivity index (χ2n) is 7.24. The molecule has 0 bridgehead atoms. The van der Waals surface area contributed by atoms with Crippen LogP contribution in [0.5, 0.6) is 0 Å². The number of aromatic amines is 1. The van der Waals surface area contributed by atoms with Crippen molar-refractivity contribution in [2.75, 3.05) is 18.4 Å². The maximum atomic E-state index is 13.4. The molecule has 1 aliphatic rings. The summed E-state index contributed by atoms with van der Waals surface area (Å²) >= 11 is 0. The number of H-pyrrole nitrogens is 1. The van der Waals surface area contributed by atoms with Crippen LogP contribution in [0.1, 0.15) is 29.6 Å². The van der Waals surface area contributed by atoms with E-state index in [2.05, 4.69) is 25.9 Å².